The molecule has 0 aromatic heterocycles. The zero-order valence-corrected chi connectivity index (χ0v) is 36.1. The number of guanidine groups is 1. The molecular formula is C39H60F4N12O9. The first-order valence-corrected chi connectivity index (χ1v) is 20.5. The number of carbonyl (C=O) groups excluding carboxylic acids is 8. The van der Waals surface area contributed by atoms with E-state index in [-0.39, 0.29) is 69.1 Å². The van der Waals surface area contributed by atoms with E-state index in [0.29, 0.717) is 6.42 Å². The number of aliphatic hydroxyl groups is 1. The summed E-state index contributed by atoms with van der Waals surface area (Å²) >= 11 is 0. The summed E-state index contributed by atoms with van der Waals surface area (Å²) in [6, 6.07) is -10.7. The molecule has 1 fully saturated rings. The zero-order chi connectivity index (χ0) is 48.6. The van der Waals surface area contributed by atoms with E-state index in [2.05, 4.69) is 31.6 Å². The van der Waals surface area contributed by atoms with E-state index in [0.717, 1.165) is 4.90 Å². The average Bonchev–Trinajstić information content (AvgIpc) is 3.71. The number of primary amides is 2. The lowest BCUT2D eigenvalue weighted by molar-refractivity contribution is -0.142. The van der Waals surface area contributed by atoms with E-state index < -0.39 is 138 Å². The number of hydrogen-bond donors (Lipinski definition) is 11. The normalized spacial score (nSPS) is 16.4. The zero-order valence-electron chi connectivity index (χ0n) is 36.1. The molecule has 1 saturated heterocycles. The van der Waals surface area contributed by atoms with Gasteiger partial charge in [0.1, 0.15) is 42.3 Å². The van der Waals surface area contributed by atoms with Crippen molar-refractivity contribution in [2.24, 2.45) is 45.5 Å². The molecule has 0 bridgehead atoms. The third-order valence-electron chi connectivity index (χ3n) is 9.92. The lowest BCUT2D eigenvalue weighted by Crippen LogP contribution is -2.60. The van der Waals surface area contributed by atoms with Crippen LogP contribution < -0.4 is 55.3 Å². The topological polar surface area (TPSA) is 363 Å². The first-order valence-electron chi connectivity index (χ1n) is 20.5. The highest BCUT2D eigenvalue weighted by molar-refractivity contribution is 5.98. The van der Waals surface area contributed by atoms with Gasteiger partial charge in [-0.2, -0.15) is 0 Å². The number of hydrogen-bond acceptors (Lipinski definition) is 11. The Kier molecular flexibility index (Phi) is 21.3. The van der Waals surface area contributed by atoms with E-state index in [1.54, 1.807) is 27.7 Å². The van der Waals surface area contributed by atoms with Crippen LogP contribution in [-0.2, 0) is 44.8 Å². The third-order valence-corrected chi connectivity index (χ3v) is 9.92. The minimum atomic E-state index is -2.02. The van der Waals surface area contributed by atoms with Gasteiger partial charge in [0.05, 0.1) is 13.0 Å². The van der Waals surface area contributed by atoms with Crippen LogP contribution in [0, 0.1) is 35.1 Å². The van der Waals surface area contributed by atoms with Crippen molar-refractivity contribution in [2.75, 3.05) is 19.7 Å². The van der Waals surface area contributed by atoms with Crippen LogP contribution in [0.2, 0.25) is 0 Å². The summed E-state index contributed by atoms with van der Waals surface area (Å²) in [5.74, 6) is -16.2. The largest absolute Gasteiger partial charge is 0.394 e. The number of nitrogens with two attached hydrogens (primary N) is 5. The van der Waals surface area contributed by atoms with Gasteiger partial charge < -0.3 is 65.3 Å². The Morgan fingerprint density at radius 1 is 0.734 bits per heavy atom. The van der Waals surface area contributed by atoms with E-state index in [1.165, 1.54) is 0 Å². The van der Waals surface area contributed by atoms with Gasteiger partial charge in [-0.15, -0.1) is 0 Å². The standard InChI is InChI=1S/C39H60F4N12O9/c1-17(2)11-24(35(61)50-23(7-5-9-49-39(47)48)34(60)54-27(15-29(45)57)38(64)55-10-6-8-28(55)32(46)58)52-36(62)25(12-18(3)4)53-37(63)26(51-33(59)22(44)16-56)13-19-30(42)20(40)14-21(41)31(19)43/h14,17-18,22-28,56H,5-13,15-16,44H2,1-4H3,(H2,45,57)(H2,46,58)(H,50,61)(H,51,59)(H,52,62)(H,53,63)(H,54,60)(H4,47,48,49)/t22-,23-,24-,25-,26-,27-,28-/m0/s1. The molecule has 21 nitrogen and oxygen atoms in total. The molecule has 25 heteroatoms. The number of likely N-dealkylation sites (tertiary alicyclic amines) is 1. The minimum Gasteiger partial charge on any atom is -0.394 e. The number of carbonyl (C=O) groups is 8. The minimum absolute atomic E-state index is 0.0107. The molecule has 2 rings (SSSR count). The molecule has 0 spiro atoms. The summed E-state index contributed by atoms with van der Waals surface area (Å²) in [5.41, 5.74) is 26.0. The average molecular weight is 917 g/mol. The Morgan fingerprint density at radius 2 is 1.20 bits per heavy atom. The van der Waals surface area contributed by atoms with E-state index in [9.17, 15) is 61.0 Å². The molecule has 16 N–H and O–H groups in total. The predicted octanol–water partition coefficient (Wildman–Crippen LogP) is -2.97. The summed E-state index contributed by atoms with van der Waals surface area (Å²) in [5, 5.41) is 21.3. The van der Waals surface area contributed by atoms with Crippen LogP contribution in [0.4, 0.5) is 17.6 Å². The molecule has 7 atom stereocenters. The lowest BCUT2D eigenvalue weighted by Gasteiger charge is -2.30. The van der Waals surface area contributed by atoms with Gasteiger partial charge in [0.15, 0.2) is 29.2 Å². The van der Waals surface area contributed by atoms with Crippen molar-refractivity contribution in [2.45, 2.75) is 121 Å². The molecule has 1 aliphatic heterocycles. The Hall–Kier alpha value is -6.11. The van der Waals surface area contributed by atoms with Crippen LogP contribution >= 0.6 is 0 Å². The molecule has 0 saturated carbocycles. The van der Waals surface area contributed by atoms with Crippen molar-refractivity contribution < 1.29 is 61.0 Å². The smallest absolute Gasteiger partial charge is 0.246 e. The summed E-state index contributed by atoms with van der Waals surface area (Å²) < 4.78 is 57.7. The highest BCUT2D eigenvalue weighted by atomic mass is 19.2. The van der Waals surface area contributed by atoms with Crippen molar-refractivity contribution in [1.29, 1.82) is 0 Å². The van der Waals surface area contributed by atoms with Gasteiger partial charge in [-0.3, -0.25) is 43.3 Å². The number of nitrogens with zero attached hydrogens (tertiary/aromatic N) is 2. The Morgan fingerprint density at radius 3 is 1.67 bits per heavy atom. The van der Waals surface area contributed by atoms with Gasteiger partial charge in [0, 0.05) is 31.1 Å². The monoisotopic (exact) mass is 916 g/mol. The number of nitrogens with one attached hydrogen (secondary N) is 5. The van der Waals surface area contributed by atoms with Crippen LogP contribution in [0.15, 0.2) is 11.1 Å². The van der Waals surface area contributed by atoms with Gasteiger partial charge in [-0.05, 0) is 50.4 Å². The van der Waals surface area contributed by atoms with Crippen LogP contribution in [0.25, 0.3) is 0 Å². The molecular weight excluding hydrogens is 856 g/mol. The SMILES string of the molecule is CC(C)C[C@H](NC(=O)[C@H](CC(C)C)NC(=O)[C@H](Cc1c(F)c(F)cc(F)c1F)NC(=O)[C@@H](N)CO)C(=O)N[C@@H](CCCN=C(N)N)C(=O)N[C@@H](CC(N)=O)C(=O)N1CCC[C@H]1C(N)=O. The number of amides is 8. The fraction of sp³-hybridized carbons (Fsp3) is 0.615. The molecule has 1 aromatic rings. The number of aliphatic imine (C=N–C) groups is 1. The van der Waals surface area contributed by atoms with Crippen molar-refractivity contribution in [3.05, 3.63) is 34.9 Å². The number of aliphatic hydroxyl groups excluding tert-OH is 1. The van der Waals surface area contributed by atoms with E-state index in [4.69, 9.17) is 28.7 Å². The van der Waals surface area contributed by atoms with Crippen LogP contribution in [0.3, 0.4) is 0 Å². The van der Waals surface area contributed by atoms with Gasteiger partial charge in [-0.25, -0.2) is 17.6 Å². The first kappa shape index (κ1) is 54.0. The predicted molar refractivity (Wildman–Crippen MR) is 221 cm³/mol. The Labute approximate surface area is 366 Å². The molecule has 1 aliphatic rings. The molecule has 0 aliphatic carbocycles. The molecule has 0 radical (unpaired) electrons. The first-order chi connectivity index (χ1) is 29.9. The maximum atomic E-state index is 14.7. The molecule has 358 valence electrons. The van der Waals surface area contributed by atoms with E-state index in [1.807, 2.05) is 0 Å². The van der Waals surface area contributed by atoms with Crippen molar-refractivity contribution in [3.8, 4) is 0 Å². The van der Waals surface area contributed by atoms with Crippen LogP contribution in [0.1, 0.15) is 78.2 Å². The van der Waals surface area contributed by atoms with Gasteiger partial charge in [0.25, 0.3) is 0 Å². The second-order valence-corrected chi connectivity index (χ2v) is 16.2. The molecule has 64 heavy (non-hydrogen) atoms. The highest BCUT2D eigenvalue weighted by Gasteiger charge is 2.39. The molecule has 1 aromatic carbocycles. The van der Waals surface area contributed by atoms with Crippen LogP contribution in [0.5, 0.6) is 0 Å². The number of benzene rings is 1. The summed E-state index contributed by atoms with van der Waals surface area (Å²) in [6.45, 7) is 5.87. The fourth-order valence-corrected chi connectivity index (χ4v) is 6.77. The number of rotatable bonds is 25. The second-order valence-electron chi connectivity index (χ2n) is 16.2. The summed E-state index contributed by atoms with van der Waals surface area (Å²) in [7, 11) is 0. The Balaban J connectivity index is 2.47. The maximum Gasteiger partial charge on any atom is 0.246 e. The number of halogens is 4. The quantitative estimate of drug-likeness (QED) is 0.0154. The van der Waals surface area contributed by atoms with Gasteiger partial charge in [-0.1, -0.05) is 27.7 Å². The maximum absolute atomic E-state index is 14.7. The molecule has 8 amide bonds. The summed E-state index contributed by atoms with van der Waals surface area (Å²) in [6.07, 6.45) is -1.47. The van der Waals surface area contributed by atoms with Crippen molar-refractivity contribution >= 4 is 53.2 Å². The Bertz CT molecular complexity index is 1880. The van der Waals surface area contributed by atoms with Crippen molar-refractivity contribution in [1.82, 2.24) is 31.5 Å². The van der Waals surface area contributed by atoms with E-state index >= 15 is 0 Å². The van der Waals surface area contributed by atoms with Gasteiger partial charge >= 0.3 is 0 Å². The molecule has 1 heterocycles. The van der Waals surface area contributed by atoms with Crippen LogP contribution in [-0.4, -0.2) is 125 Å². The van der Waals surface area contributed by atoms with Gasteiger partial charge in [0.2, 0.25) is 47.3 Å². The fourth-order valence-electron chi connectivity index (χ4n) is 6.77. The third kappa shape index (κ3) is 16.5. The molecule has 0 unspecified atom stereocenters. The highest BCUT2D eigenvalue weighted by Crippen LogP contribution is 2.22. The summed E-state index contributed by atoms with van der Waals surface area (Å²) in [4.78, 5) is 111. The van der Waals surface area contributed by atoms with Crippen molar-refractivity contribution in [3.63, 3.8) is 0 Å². The second kappa shape index (κ2) is 25.3. The lowest BCUT2D eigenvalue weighted by atomic mass is 9.98.